The van der Waals surface area contributed by atoms with Crippen LogP contribution in [0.4, 0.5) is 13.2 Å². The smallest absolute Gasteiger partial charge is 0.453 e. The van der Waals surface area contributed by atoms with Gasteiger partial charge in [-0.15, -0.1) is 0 Å². The third-order valence-corrected chi connectivity index (χ3v) is 6.92. The van der Waals surface area contributed by atoms with E-state index in [4.69, 9.17) is 27.9 Å². The van der Waals surface area contributed by atoms with E-state index in [0.29, 0.717) is 10.0 Å². The molecule has 1 unspecified atom stereocenters. The van der Waals surface area contributed by atoms with Gasteiger partial charge in [-0.2, -0.15) is 13.2 Å². The van der Waals surface area contributed by atoms with E-state index in [2.05, 4.69) is 18.9 Å². The van der Waals surface area contributed by atoms with E-state index in [0.717, 1.165) is 43.0 Å². The Balaban J connectivity index is 1.66. The molecule has 0 saturated carbocycles. The molecule has 3 rings (SSSR count). The van der Waals surface area contributed by atoms with Crippen molar-refractivity contribution >= 4 is 29.0 Å². The van der Waals surface area contributed by atoms with Gasteiger partial charge >= 0.3 is 6.18 Å². The van der Waals surface area contributed by atoms with Gasteiger partial charge in [-0.05, 0) is 93.4 Å². The summed E-state index contributed by atoms with van der Waals surface area (Å²) < 4.78 is 42.8. The number of carbonyl (C=O) groups is 1. The van der Waals surface area contributed by atoms with Crippen LogP contribution in [0.3, 0.4) is 0 Å². The van der Waals surface area contributed by atoms with E-state index in [1.165, 1.54) is 0 Å². The van der Waals surface area contributed by atoms with Crippen LogP contribution < -0.4 is 4.74 Å². The predicted molar refractivity (Wildman–Crippen MR) is 138 cm³/mol. The fourth-order valence-electron chi connectivity index (χ4n) is 4.12. The van der Waals surface area contributed by atoms with Crippen molar-refractivity contribution in [3.05, 3.63) is 99.5 Å². The maximum absolute atomic E-state index is 12.6. The van der Waals surface area contributed by atoms with E-state index < -0.39 is 23.6 Å². The third-order valence-electron chi connectivity index (χ3n) is 6.42. The predicted octanol–water partition coefficient (Wildman–Crippen LogP) is 7.72. The number of ether oxygens (including phenoxy) is 1. The molecule has 0 aliphatic heterocycles. The second-order valence-corrected chi connectivity index (χ2v) is 9.75. The van der Waals surface area contributed by atoms with Crippen molar-refractivity contribution in [3.8, 4) is 5.75 Å². The molecule has 192 valence electrons. The van der Waals surface area contributed by atoms with Crippen LogP contribution in [0.2, 0.25) is 10.0 Å². The Morgan fingerprint density at radius 2 is 1.36 bits per heavy atom. The molecule has 0 bridgehead atoms. The molecule has 3 aromatic rings. The lowest BCUT2D eigenvalue weighted by atomic mass is 9.83. The Hall–Kier alpha value is -2.54. The molecule has 1 atom stereocenters. The van der Waals surface area contributed by atoms with Crippen LogP contribution in [-0.4, -0.2) is 36.6 Å². The molecule has 0 spiro atoms. The molecule has 0 amide bonds. The Bertz CT molecular complexity index is 1100. The van der Waals surface area contributed by atoms with Crippen LogP contribution >= 0.6 is 23.2 Å². The van der Waals surface area contributed by atoms with Gasteiger partial charge in [0.1, 0.15) is 5.75 Å². The summed E-state index contributed by atoms with van der Waals surface area (Å²) >= 11 is 12.3. The summed E-state index contributed by atoms with van der Waals surface area (Å²) in [5, 5.41) is 1.34. The summed E-state index contributed by atoms with van der Waals surface area (Å²) in [7, 11) is 2.07. The molecule has 0 fully saturated rings. The maximum atomic E-state index is 12.6. The number of hydrogen-bond donors (Lipinski definition) is 0. The van der Waals surface area contributed by atoms with Gasteiger partial charge in [-0.1, -0.05) is 59.6 Å². The van der Waals surface area contributed by atoms with E-state index >= 15 is 0 Å². The molecule has 0 aromatic heterocycles. The molecule has 0 N–H and O–H groups in total. The van der Waals surface area contributed by atoms with Gasteiger partial charge in [0.05, 0.1) is 5.54 Å². The zero-order valence-electron chi connectivity index (χ0n) is 20.3. The van der Waals surface area contributed by atoms with Crippen LogP contribution in [0.25, 0.3) is 0 Å². The number of carbonyl (C=O) groups excluding carboxylic acids is 1. The lowest BCUT2D eigenvalue weighted by Crippen LogP contribution is -2.42. The fourth-order valence-corrected chi connectivity index (χ4v) is 4.38. The molecule has 8 heteroatoms. The molecule has 36 heavy (non-hydrogen) atoms. The number of alkyl halides is 3. The van der Waals surface area contributed by atoms with Crippen molar-refractivity contribution in [1.82, 2.24) is 4.90 Å². The summed E-state index contributed by atoms with van der Waals surface area (Å²) in [6, 6.07) is 22.4. The van der Waals surface area contributed by atoms with Gasteiger partial charge in [0, 0.05) is 10.0 Å². The van der Waals surface area contributed by atoms with Gasteiger partial charge in [0.2, 0.25) is 0 Å². The quantitative estimate of drug-likeness (QED) is 0.265. The molecular formula is C28H28Cl2F3NO2. The summed E-state index contributed by atoms with van der Waals surface area (Å²) in [5.41, 5.74) is 2.79. The van der Waals surface area contributed by atoms with Crippen molar-refractivity contribution in [2.75, 3.05) is 13.6 Å². The van der Waals surface area contributed by atoms with Gasteiger partial charge in [0.25, 0.3) is 5.78 Å². The maximum Gasteiger partial charge on any atom is 0.453 e. The lowest BCUT2D eigenvalue weighted by molar-refractivity contribution is -0.177. The minimum Gasteiger partial charge on any atom is -0.483 e. The molecule has 3 aromatic carbocycles. The zero-order chi connectivity index (χ0) is 26.5. The highest BCUT2D eigenvalue weighted by Gasteiger charge is 2.42. The van der Waals surface area contributed by atoms with Crippen LogP contribution in [0.1, 0.15) is 37.0 Å². The monoisotopic (exact) mass is 537 g/mol. The Labute approximate surface area is 219 Å². The van der Waals surface area contributed by atoms with E-state index in [1.807, 2.05) is 48.5 Å². The number of halogens is 5. The Kier molecular flexibility index (Phi) is 9.09. The summed E-state index contributed by atoms with van der Waals surface area (Å²) in [5.74, 6) is -1.68. The fraction of sp³-hybridized carbons (Fsp3) is 0.321. The van der Waals surface area contributed by atoms with Crippen LogP contribution in [-0.2, 0) is 16.8 Å². The molecule has 0 saturated heterocycles. The third kappa shape index (κ3) is 6.81. The number of nitrogens with zero attached hydrogens (tertiary/aromatic N) is 1. The molecule has 0 radical (unpaired) electrons. The number of aryl methyl sites for hydroxylation is 1. The van der Waals surface area contributed by atoms with Gasteiger partial charge in [0.15, 0.2) is 6.10 Å². The number of hydrogen-bond acceptors (Lipinski definition) is 3. The SMILES string of the molecule is CC(Oc1ccc(CCCN(C)C(C)(c2ccc(Cl)cc2)c2ccc(Cl)cc2)cc1)C(=O)C(F)(F)F. The Morgan fingerprint density at radius 1 is 0.889 bits per heavy atom. The minimum atomic E-state index is -4.92. The first-order valence-electron chi connectivity index (χ1n) is 11.5. The van der Waals surface area contributed by atoms with Crippen molar-refractivity contribution in [1.29, 1.82) is 0 Å². The molecule has 0 aliphatic rings. The second kappa shape index (κ2) is 11.7. The van der Waals surface area contributed by atoms with Gasteiger partial charge in [-0.3, -0.25) is 9.69 Å². The highest BCUT2D eigenvalue weighted by molar-refractivity contribution is 6.30. The average molecular weight is 538 g/mol. The summed E-state index contributed by atoms with van der Waals surface area (Å²) in [6.45, 7) is 4.03. The van der Waals surface area contributed by atoms with Crippen LogP contribution in [0.15, 0.2) is 72.8 Å². The van der Waals surface area contributed by atoms with E-state index in [1.54, 1.807) is 24.3 Å². The first kappa shape index (κ1) is 28.0. The molecule has 3 nitrogen and oxygen atoms in total. The number of ketones is 1. The highest BCUT2D eigenvalue weighted by atomic mass is 35.5. The first-order chi connectivity index (χ1) is 16.9. The van der Waals surface area contributed by atoms with Crippen molar-refractivity contribution in [2.45, 2.75) is 44.5 Å². The van der Waals surface area contributed by atoms with Gasteiger partial charge in [-0.25, -0.2) is 0 Å². The standard InChI is InChI=1S/C28H28Cl2F3NO2/c1-19(26(35)28(31,32)33)36-25-16-6-20(7-17-25)5-4-18-34(3)27(2,21-8-12-23(29)13-9-21)22-10-14-24(30)15-11-22/h6-17,19H,4-5,18H2,1-3H3. The number of benzene rings is 3. The van der Waals surface area contributed by atoms with Crippen molar-refractivity contribution in [3.63, 3.8) is 0 Å². The molecular weight excluding hydrogens is 510 g/mol. The largest absolute Gasteiger partial charge is 0.483 e. The lowest BCUT2D eigenvalue weighted by Gasteiger charge is -2.40. The summed E-state index contributed by atoms with van der Waals surface area (Å²) in [6.07, 6.45) is -4.91. The first-order valence-corrected chi connectivity index (χ1v) is 12.3. The minimum absolute atomic E-state index is 0.221. The Morgan fingerprint density at radius 3 is 1.81 bits per heavy atom. The van der Waals surface area contributed by atoms with Crippen LogP contribution in [0, 0.1) is 0 Å². The number of Topliss-reactive ketones (excluding diaryl/α,β-unsaturated/α-hetero) is 1. The average Bonchev–Trinajstić information content (AvgIpc) is 2.84. The zero-order valence-corrected chi connectivity index (χ0v) is 21.8. The van der Waals surface area contributed by atoms with E-state index in [9.17, 15) is 18.0 Å². The topological polar surface area (TPSA) is 29.5 Å². The second-order valence-electron chi connectivity index (χ2n) is 8.88. The molecule has 0 heterocycles. The van der Waals surface area contributed by atoms with E-state index in [-0.39, 0.29) is 5.75 Å². The normalized spacial score (nSPS) is 13.0. The van der Waals surface area contributed by atoms with Crippen molar-refractivity contribution in [2.24, 2.45) is 0 Å². The molecule has 0 aliphatic carbocycles. The summed E-state index contributed by atoms with van der Waals surface area (Å²) in [4.78, 5) is 13.6. The van der Waals surface area contributed by atoms with Crippen LogP contribution in [0.5, 0.6) is 5.75 Å². The highest BCUT2D eigenvalue weighted by Crippen LogP contribution is 2.36. The van der Waals surface area contributed by atoms with Gasteiger partial charge < -0.3 is 4.74 Å². The number of rotatable bonds is 10. The van der Waals surface area contributed by atoms with Crippen molar-refractivity contribution < 1.29 is 22.7 Å².